The molecule has 1 N–H and O–H groups in total. The normalized spacial score (nSPS) is 12.2. The van der Waals surface area contributed by atoms with E-state index in [1.165, 1.54) is 6.07 Å². The molecule has 0 radical (unpaired) electrons. The Balaban J connectivity index is 3.00. The number of hydrogen-bond acceptors (Lipinski definition) is 2. The van der Waals surface area contributed by atoms with Gasteiger partial charge in [0.2, 0.25) is 0 Å². The highest BCUT2D eigenvalue weighted by Gasteiger charge is 2.19. The molecule has 0 aliphatic rings. The van der Waals surface area contributed by atoms with Gasteiger partial charge < -0.3 is 10.1 Å². The average Bonchev–Trinajstić information content (AvgIpc) is 2.34. The molecule has 0 saturated carbocycles. The molecule has 0 spiro atoms. The molecule has 0 amide bonds. The number of benzene rings is 1. The molecule has 3 heteroatoms. The van der Waals surface area contributed by atoms with Crippen molar-refractivity contribution in [2.75, 3.05) is 13.7 Å². The number of allylic oxidation sites excluding steroid dienone is 1. The first kappa shape index (κ1) is 14.7. The van der Waals surface area contributed by atoms with Gasteiger partial charge in [0.25, 0.3) is 0 Å². The number of rotatable bonds is 7. The van der Waals surface area contributed by atoms with Crippen LogP contribution in [0.3, 0.4) is 0 Å². The Morgan fingerprint density at radius 2 is 2.22 bits per heavy atom. The van der Waals surface area contributed by atoms with Crippen LogP contribution in [0, 0.1) is 5.82 Å². The number of nitrogens with one attached hydrogen (secondary N) is 1. The van der Waals surface area contributed by atoms with Crippen molar-refractivity contribution in [2.45, 2.75) is 32.7 Å². The van der Waals surface area contributed by atoms with Crippen LogP contribution < -0.4 is 10.1 Å². The summed E-state index contributed by atoms with van der Waals surface area (Å²) in [7, 11) is 1.57. The van der Waals surface area contributed by atoms with E-state index in [9.17, 15) is 4.39 Å². The van der Waals surface area contributed by atoms with Crippen LogP contribution in [0.2, 0.25) is 0 Å². The molecule has 0 aliphatic heterocycles. The molecule has 0 aliphatic carbocycles. The molecular formula is C15H22FNO. The van der Waals surface area contributed by atoms with E-state index in [4.69, 9.17) is 4.74 Å². The minimum Gasteiger partial charge on any atom is -0.496 e. The van der Waals surface area contributed by atoms with Crippen molar-refractivity contribution in [2.24, 2.45) is 0 Å². The zero-order valence-corrected chi connectivity index (χ0v) is 11.4. The Labute approximate surface area is 109 Å². The number of hydrogen-bond donors (Lipinski definition) is 1. The van der Waals surface area contributed by atoms with Crippen molar-refractivity contribution >= 4 is 0 Å². The monoisotopic (exact) mass is 251 g/mol. The minimum absolute atomic E-state index is 0.0390. The molecule has 0 saturated heterocycles. The van der Waals surface area contributed by atoms with E-state index >= 15 is 0 Å². The van der Waals surface area contributed by atoms with Crippen molar-refractivity contribution in [1.82, 2.24) is 5.32 Å². The number of ether oxygens (including phenoxy) is 1. The Morgan fingerprint density at radius 1 is 1.50 bits per heavy atom. The van der Waals surface area contributed by atoms with Gasteiger partial charge in [-0.25, -0.2) is 4.39 Å². The Bertz CT molecular complexity index is 403. The Morgan fingerprint density at radius 3 is 2.78 bits per heavy atom. The summed E-state index contributed by atoms with van der Waals surface area (Å²) >= 11 is 0. The summed E-state index contributed by atoms with van der Waals surface area (Å²) in [5.41, 5.74) is 1.72. The van der Waals surface area contributed by atoms with Crippen LogP contribution in [0.25, 0.3) is 0 Å². The summed E-state index contributed by atoms with van der Waals surface area (Å²) in [6.07, 6.45) is 1.69. The van der Waals surface area contributed by atoms with Crippen molar-refractivity contribution in [1.29, 1.82) is 0 Å². The maximum Gasteiger partial charge on any atom is 0.131 e. The van der Waals surface area contributed by atoms with E-state index in [-0.39, 0.29) is 11.9 Å². The van der Waals surface area contributed by atoms with Gasteiger partial charge in [-0.2, -0.15) is 0 Å². The Hall–Kier alpha value is -1.35. The van der Waals surface area contributed by atoms with Gasteiger partial charge in [0.1, 0.15) is 11.6 Å². The lowest BCUT2D eigenvalue weighted by Crippen LogP contribution is -2.22. The molecule has 18 heavy (non-hydrogen) atoms. The first-order valence-electron chi connectivity index (χ1n) is 6.30. The highest BCUT2D eigenvalue weighted by atomic mass is 19.1. The topological polar surface area (TPSA) is 21.3 Å². The first-order chi connectivity index (χ1) is 8.60. The predicted molar refractivity (Wildman–Crippen MR) is 73.4 cm³/mol. The van der Waals surface area contributed by atoms with E-state index in [0.717, 1.165) is 25.0 Å². The van der Waals surface area contributed by atoms with Gasteiger partial charge in [-0.05, 0) is 38.4 Å². The quantitative estimate of drug-likeness (QED) is 0.743. The highest BCUT2D eigenvalue weighted by Crippen LogP contribution is 2.31. The zero-order chi connectivity index (χ0) is 13.5. The molecule has 1 aromatic carbocycles. The van der Waals surface area contributed by atoms with Gasteiger partial charge in [0.15, 0.2) is 0 Å². The van der Waals surface area contributed by atoms with Gasteiger partial charge in [-0.3, -0.25) is 0 Å². The van der Waals surface area contributed by atoms with E-state index in [0.29, 0.717) is 11.3 Å². The molecule has 1 atom stereocenters. The molecule has 100 valence electrons. The van der Waals surface area contributed by atoms with Crippen LogP contribution in [-0.4, -0.2) is 13.7 Å². The molecule has 0 heterocycles. The third kappa shape index (κ3) is 3.84. The van der Waals surface area contributed by atoms with E-state index in [1.807, 2.05) is 13.8 Å². The van der Waals surface area contributed by atoms with Crippen LogP contribution in [0.4, 0.5) is 4.39 Å². The lowest BCUT2D eigenvalue weighted by Gasteiger charge is -2.21. The molecule has 1 unspecified atom stereocenters. The standard InChI is InChI=1S/C15H22FNO/c1-5-17-13(10-9-11(2)3)15-12(16)7-6-8-14(15)18-4/h6-8,13,17H,2,5,9-10H2,1,3-4H3. The summed E-state index contributed by atoms with van der Waals surface area (Å²) < 4.78 is 19.3. The fraction of sp³-hybridized carbons (Fsp3) is 0.467. The maximum absolute atomic E-state index is 14.0. The second kappa shape index (κ2) is 7.17. The van der Waals surface area contributed by atoms with Crippen molar-refractivity contribution in [3.63, 3.8) is 0 Å². The van der Waals surface area contributed by atoms with Gasteiger partial charge in [-0.15, -0.1) is 6.58 Å². The van der Waals surface area contributed by atoms with Gasteiger partial charge in [0.05, 0.1) is 7.11 Å². The largest absolute Gasteiger partial charge is 0.496 e. The van der Waals surface area contributed by atoms with Gasteiger partial charge in [-0.1, -0.05) is 18.6 Å². The third-order valence-electron chi connectivity index (χ3n) is 2.89. The summed E-state index contributed by atoms with van der Waals surface area (Å²) in [6, 6.07) is 4.90. The van der Waals surface area contributed by atoms with Gasteiger partial charge >= 0.3 is 0 Å². The lowest BCUT2D eigenvalue weighted by molar-refractivity contribution is 0.386. The van der Waals surface area contributed by atoms with Crippen LogP contribution in [0.1, 0.15) is 38.3 Å². The van der Waals surface area contributed by atoms with Crippen LogP contribution in [0.5, 0.6) is 5.75 Å². The summed E-state index contributed by atoms with van der Waals surface area (Å²) in [5, 5.41) is 3.31. The van der Waals surface area contributed by atoms with Crippen LogP contribution in [0.15, 0.2) is 30.4 Å². The molecule has 1 rings (SSSR count). The maximum atomic E-state index is 14.0. The molecular weight excluding hydrogens is 229 g/mol. The summed E-state index contributed by atoms with van der Waals surface area (Å²) in [4.78, 5) is 0. The predicted octanol–water partition coefficient (Wildman–Crippen LogP) is 3.84. The summed E-state index contributed by atoms with van der Waals surface area (Å²) in [5.74, 6) is 0.379. The van der Waals surface area contributed by atoms with Crippen LogP contribution >= 0.6 is 0 Å². The molecule has 0 bridgehead atoms. The average molecular weight is 251 g/mol. The SMILES string of the molecule is C=C(C)CCC(NCC)c1c(F)cccc1OC. The highest BCUT2D eigenvalue weighted by molar-refractivity contribution is 5.37. The van der Waals surface area contributed by atoms with E-state index in [1.54, 1.807) is 19.2 Å². The van der Waals surface area contributed by atoms with Crippen molar-refractivity contribution in [3.05, 3.63) is 41.7 Å². The number of methoxy groups -OCH3 is 1. The molecule has 1 aromatic rings. The number of halogens is 1. The molecule has 0 fully saturated rings. The summed E-state index contributed by atoms with van der Waals surface area (Å²) in [6.45, 7) is 8.69. The molecule has 2 nitrogen and oxygen atoms in total. The van der Waals surface area contributed by atoms with E-state index in [2.05, 4.69) is 11.9 Å². The smallest absolute Gasteiger partial charge is 0.131 e. The second-order valence-corrected chi connectivity index (χ2v) is 4.46. The molecule has 0 aromatic heterocycles. The fourth-order valence-corrected chi connectivity index (χ4v) is 2.02. The minimum atomic E-state index is -0.220. The van der Waals surface area contributed by atoms with E-state index < -0.39 is 0 Å². The first-order valence-corrected chi connectivity index (χ1v) is 6.30. The third-order valence-corrected chi connectivity index (χ3v) is 2.89. The van der Waals surface area contributed by atoms with Crippen LogP contribution in [-0.2, 0) is 0 Å². The van der Waals surface area contributed by atoms with Gasteiger partial charge in [0, 0.05) is 11.6 Å². The van der Waals surface area contributed by atoms with Crippen molar-refractivity contribution < 1.29 is 9.13 Å². The Kier molecular flexibility index (Phi) is 5.86. The zero-order valence-electron chi connectivity index (χ0n) is 11.4. The fourth-order valence-electron chi connectivity index (χ4n) is 2.02. The second-order valence-electron chi connectivity index (χ2n) is 4.46. The lowest BCUT2D eigenvalue weighted by atomic mass is 9.98. The van der Waals surface area contributed by atoms with Crippen molar-refractivity contribution in [3.8, 4) is 5.75 Å².